The fourth-order valence-corrected chi connectivity index (χ4v) is 3.68. The number of hydrogen-bond donors (Lipinski definition) is 1. The number of likely N-dealkylation sites (tertiary alicyclic amines) is 1. The van der Waals surface area contributed by atoms with Crippen molar-refractivity contribution in [2.24, 2.45) is 0 Å². The first-order valence-electron chi connectivity index (χ1n) is 8.34. The molecule has 1 aromatic rings. The van der Waals surface area contributed by atoms with Gasteiger partial charge in [-0.2, -0.15) is 0 Å². The van der Waals surface area contributed by atoms with Gasteiger partial charge in [0, 0.05) is 45.3 Å². The zero-order valence-corrected chi connectivity index (χ0v) is 16.2. The third-order valence-electron chi connectivity index (χ3n) is 4.59. The summed E-state index contributed by atoms with van der Waals surface area (Å²) in [6.45, 7) is 6.48. The summed E-state index contributed by atoms with van der Waals surface area (Å²) in [6, 6.07) is 8.26. The van der Waals surface area contributed by atoms with E-state index in [9.17, 15) is 4.79 Å². The summed E-state index contributed by atoms with van der Waals surface area (Å²) in [5.41, 5.74) is 0. The maximum atomic E-state index is 12.4. The Hall–Kier alpha value is -0.820. The Bertz CT molecular complexity index is 540. The second-order valence-corrected chi connectivity index (χ2v) is 6.95. The van der Waals surface area contributed by atoms with E-state index in [-0.39, 0.29) is 18.3 Å². The Labute approximate surface area is 158 Å². The standard InChI is InChI=1S/C17H24BrN3O2.ClH/c18-15-3-1-2-4-16(15)23-12-6-17(22)21-9-5-14(13-21)20-10-7-19-8-11-20;/h1-4,14,19H,5-13H2;1H. The van der Waals surface area contributed by atoms with Gasteiger partial charge in [0.15, 0.2) is 0 Å². The lowest BCUT2D eigenvalue weighted by Crippen LogP contribution is -2.49. The molecule has 1 aromatic carbocycles. The number of ether oxygens (including phenoxy) is 1. The van der Waals surface area contributed by atoms with Gasteiger partial charge in [-0.1, -0.05) is 12.1 Å². The smallest absolute Gasteiger partial charge is 0.226 e. The van der Waals surface area contributed by atoms with Crippen LogP contribution < -0.4 is 10.1 Å². The molecule has 1 N–H and O–H groups in total. The number of rotatable bonds is 5. The maximum absolute atomic E-state index is 12.4. The maximum Gasteiger partial charge on any atom is 0.226 e. The van der Waals surface area contributed by atoms with Crippen molar-refractivity contribution < 1.29 is 9.53 Å². The molecular formula is C17H25BrClN3O2. The van der Waals surface area contributed by atoms with Crippen LogP contribution in [0.3, 0.4) is 0 Å². The predicted octanol–water partition coefficient (Wildman–Crippen LogP) is 2.15. The SMILES string of the molecule is Cl.O=C(CCOc1ccccc1Br)N1CCC(N2CCNCC2)C1. The topological polar surface area (TPSA) is 44.8 Å². The van der Waals surface area contributed by atoms with Gasteiger partial charge in [-0.05, 0) is 34.5 Å². The predicted molar refractivity (Wildman–Crippen MR) is 101 cm³/mol. The number of nitrogens with zero attached hydrogens (tertiary/aromatic N) is 2. The van der Waals surface area contributed by atoms with Crippen LogP contribution in [0.2, 0.25) is 0 Å². The van der Waals surface area contributed by atoms with Crippen LogP contribution in [0.25, 0.3) is 0 Å². The average Bonchev–Trinajstić information content (AvgIpc) is 3.07. The number of halogens is 2. The molecule has 2 saturated heterocycles. The van der Waals surface area contributed by atoms with E-state index in [1.807, 2.05) is 29.2 Å². The van der Waals surface area contributed by atoms with Gasteiger partial charge in [-0.3, -0.25) is 9.69 Å². The lowest BCUT2D eigenvalue weighted by Gasteiger charge is -2.32. The summed E-state index contributed by atoms with van der Waals surface area (Å²) in [5, 5.41) is 3.38. The number of benzene rings is 1. The highest BCUT2D eigenvalue weighted by Gasteiger charge is 2.30. The molecule has 3 rings (SSSR count). The molecule has 5 nitrogen and oxygen atoms in total. The Morgan fingerprint density at radius 1 is 1.25 bits per heavy atom. The molecule has 0 saturated carbocycles. The van der Waals surface area contributed by atoms with E-state index in [1.54, 1.807) is 0 Å². The fraction of sp³-hybridized carbons (Fsp3) is 0.588. The molecule has 7 heteroatoms. The van der Waals surface area contributed by atoms with E-state index in [0.29, 0.717) is 19.1 Å². The number of carbonyl (C=O) groups excluding carboxylic acids is 1. The van der Waals surface area contributed by atoms with Crippen molar-refractivity contribution in [3.63, 3.8) is 0 Å². The zero-order valence-electron chi connectivity index (χ0n) is 13.7. The minimum atomic E-state index is 0. The molecule has 1 amide bonds. The van der Waals surface area contributed by atoms with Crippen LogP contribution in [0.5, 0.6) is 5.75 Å². The lowest BCUT2D eigenvalue weighted by molar-refractivity contribution is -0.130. The minimum Gasteiger partial charge on any atom is -0.492 e. The van der Waals surface area contributed by atoms with E-state index in [2.05, 4.69) is 26.1 Å². The molecule has 2 aliphatic heterocycles. The quantitative estimate of drug-likeness (QED) is 0.796. The molecule has 1 unspecified atom stereocenters. The van der Waals surface area contributed by atoms with E-state index in [0.717, 1.165) is 55.9 Å². The summed E-state index contributed by atoms with van der Waals surface area (Å²) in [5.74, 6) is 0.995. The number of piperazine rings is 1. The average molecular weight is 419 g/mol. The molecule has 2 fully saturated rings. The summed E-state index contributed by atoms with van der Waals surface area (Å²) < 4.78 is 6.62. The van der Waals surface area contributed by atoms with Crippen LogP contribution in [0.15, 0.2) is 28.7 Å². The third kappa shape index (κ3) is 5.09. The highest BCUT2D eigenvalue weighted by Crippen LogP contribution is 2.24. The second kappa shape index (κ2) is 9.61. The van der Waals surface area contributed by atoms with Crippen LogP contribution in [-0.2, 0) is 4.79 Å². The summed E-state index contributed by atoms with van der Waals surface area (Å²) in [7, 11) is 0. The minimum absolute atomic E-state index is 0. The molecule has 0 spiro atoms. The van der Waals surface area contributed by atoms with Gasteiger partial charge >= 0.3 is 0 Å². The summed E-state index contributed by atoms with van der Waals surface area (Å²) in [4.78, 5) is 16.9. The number of amides is 1. The van der Waals surface area contributed by atoms with E-state index in [4.69, 9.17) is 4.74 Å². The molecule has 0 radical (unpaired) electrons. The first kappa shape index (κ1) is 19.5. The van der Waals surface area contributed by atoms with Gasteiger partial charge in [0.05, 0.1) is 17.5 Å². The summed E-state index contributed by atoms with van der Waals surface area (Å²) >= 11 is 3.45. The fourth-order valence-electron chi connectivity index (χ4n) is 3.28. The van der Waals surface area contributed by atoms with Crippen LogP contribution in [-0.4, -0.2) is 67.6 Å². The Balaban J connectivity index is 0.00000208. The highest BCUT2D eigenvalue weighted by atomic mass is 79.9. The van der Waals surface area contributed by atoms with Crippen molar-refractivity contribution in [2.75, 3.05) is 45.9 Å². The highest BCUT2D eigenvalue weighted by molar-refractivity contribution is 9.10. The lowest BCUT2D eigenvalue weighted by atomic mass is 10.2. The number of nitrogens with one attached hydrogen (secondary N) is 1. The van der Waals surface area contributed by atoms with Crippen molar-refractivity contribution in [3.8, 4) is 5.75 Å². The molecule has 1 atom stereocenters. The van der Waals surface area contributed by atoms with E-state index >= 15 is 0 Å². The first-order chi connectivity index (χ1) is 11.2. The van der Waals surface area contributed by atoms with E-state index < -0.39 is 0 Å². The monoisotopic (exact) mass is 417 g/mol. The summed E-state index contributed by atoms with van der Waals surface area (Å²) in [6.07, 6.45) is 1.53. The molecular weight excluding hydrogens is 394 g/mol. The molecule has 0 aliphatic carbocycles. The van der Waals surface area contributed by atoms with Gasteiger partial charge in [0.25, 0.3) is 0 Å². The molecule has 0 bridgehead atoms. The van der Waals surface area contributed by atoms with Crippen molar-refractivity contribution in [1.82, 2.24) is 15.1 Å². The molecule has 2 heterocycles. The first-order valence-corrected chi connectivity index (χ1v) is 9.13. The van der Waals surface area contributed by atoms with Crippen molar-refractivity contribution >= 4 is 34.2 Å². The molecule has 134 valence electrons. The molecule has 2 aliphatic rings. The largest absolute Gasteiger partial charge is 0.492 e. The Morgan fingerprint density at radius 3 is 2.75 bits per heavy atom. The second-order valence-electron chi connectivity index (χ2n) is 6.10. The van der Waals surface area contributed by atoms with Crippen molar-refractivity contribution in [1.29, 1.82) is 0 Å². The van der Waals surface area contributed by atoms with Gasteiger partial charge in [0.2, 0.25) is 5.91 Å². The van der Waals surface area contributed by atoms with Gasteiger partial charge in [-0.15, -0.1) is 12.4 Å². The Kier molecular flexibility index (Phi) is 7.81. The number of hydrogen-bond acceptors (Lipinski definition) is 4. The van der Waals surface area contributed by atoms with E-state index in [1.165, 1.54) is 0 Å². The molecule has 24 heavy (non-hydrogen) atoms. The van der Waals surface area contributed by atoms with Gasteiger partial charge < -0.3 is 15.0 Å². The van der Waals surface area contributed by atoms with Crippen LogP contribution in [0.4, 0.5) is 0 Å². The van der Waals surface area contributed by atoms with Crippen LogP contribution >= 0.6 is 28.3 Å². The van der Waals surface area contributed by atoms with Crippen LogP contribution in [0, 0.1) is 0 Å². The molecule has 0 aromatic heterocycles. The normalized spacial score (nSPS) is 21.4. The van der Waals surface area contributed by atoms with Crippen molar-refractivity contribution in [3.05, 3.63) is 28.7 Å². The third-order valence-corrected chi connectivity index (χ3v) is 5.25. The van der Waals surface area contributed by atoms with Gasteiger partial charge in [-0.25, -0.2) is 0 Å². The number of carbonyl (C=O) groups is 1. The van der Waals surface area contributed by atoms with Crippen molar-refractivity contribution in [2.45, 2.75) is 18.9 Å². The Morgan fingerprint density at radius 2 is 2.00 bits per heavy atom. The van der Waals surface area contributed by atoms with Crippen LogP contribution in [0.1, 0.15) is 12.8 Å². The zero-order chi connectivity index (χ0) is 16.1. The number of para-hydroxylation sites is 1. The van der Waals surface area contributed by atoms with Gasteiger partial charge in [0.1, 0.15) is 5.75 Å².